The van der Waals surface area contributed by atoms with Crippen LogP contribution in [0.3, 0.4) is 0 Å². The van der Waals surface area contributed by atoms with E-state index in [4.69, 9.17) is 5.73 Å². The molecule has 4 aromatic rings. The van der Waals surface area contributed by atoms with Crippen molar-refractivity contribution in [1.82, 2.24) is 24.3 Å². The lowest BCUT2D eigenvalue weighted by molar-refractivity contribution is 0.0961. The number of hydrogen-bond donors (Lipinski definition) is 3. The Balaban J connectivity index is 1.37. The van der Waals surface area contributed by atoms with E-state index in [0.717, 1.165) is 12.8 Å². The van der Waals surface area contributed by atoms with Crippen LogP contribution in [0.2, 0.25) is 0 Å². The Labute approximate surface area is 218 Å². The molecule has 194 valence electrons. The first-order valence-electron chi connectivity index (χ1n) is 12.5. The minimum absolute atomic E-state index is 0.154. The average Bonchev–Trinajstić information content (AvgIpc) is 3.55. The Kier molecular flexibility index (Phi) is 5.53. The van der Waals surface area contributed by atoms with Crippen molar-refractivity contribution in [2.45, 2.75) is 39.8 Å². The van der Waals surface area contributed by atoms with E-state index in [1.807, 2.05) is 6.07 Å². The summed E-state index contributed by atoms with van der Waals surface area (Å²) in [6, 6.07) is 8.99. The number of pyridine rings is 2. The zero-order chi connectivity index (χ0) is 26.6. The van der Waals surface area contributed by atoms with Gasteiger partial charge in [-0.1, -0.05) is 19.9 Å². The summed E-state index contributed by atoms with van der Waals surface area (Å²) in [6.45, 7) is 5.18. The lowest BCUT2D eigenvalue weighted by atomic mass is 9.90. The van der Waals surface area contributed by atoms with Crippen LogP contribution >= 0.6 is 0 Å². The largest absolute Gasteiger partial charge is 0.391 e. The number of rotatable bonds is 6. The molecule has 0 saturated heterocycles. The zero-order valence-corrected chi connectivity index (χ0v) is 21.2. The summed E-state index contributed by atoms with van der Waals surface area (Å²) < 4.78 is 3.59. The van der Waals surface area contributed by atoms with E-state index in [9.17, 15) is 14.7 Å². The molecule has 0 radical (unpaired) electrons. The topological polar surface area (TPSA) is 144 Å². The maximum absolute atomic E-state index is 13.6. The fourth-order valence-corrected chi connectivity index (χ4v) is 5.51. The minimum atomic E-state index is -0.669. The quantitative estimate of drug-likeness (QED) is 0.360. The van der Waals surface area contributed by atoms with E-state index in [2.05, 4.69) is 38.8 Å². The molecule has 4 N–H and O–H groups in total. The summed E-state index contributed by atoms with van der Waals surface area (Å²) in [5.41, 5.74) is 9.98. The fourth-order valence-electron chi connectivity index (χ4n) is 5.51. The van der Waals surface area contributed by atoms with Crippen molar-refractivity contribution < 1.29 is 14.7 Å². The van der Waals surface area contributed by atoms with E-state index in [-0.39, 0.29) is 29.3 Å². The minimum Gasteiger partial charge on any atom is -0.391 e. The van der Waals surface area contributed by atoms with Gasteiger partial charge in [0.1, 0.15) is 22.9 Å². The second kappa shape index (κ2) is 8.80. The molecule has 0 aromatic carbocycles. The third-order valence-electron chi connectivity index (χ3n) is 7.18. The number of nitrogens with zero attached hydrogens (tertiary/aromatic N) is 6. The summed E-state index contributed by atoms with van der Waals surface area (Å²) in [5.74, 6) is 0.257. The second-order valence-electron chi connectivity index (χ2n) is 10.5. The summed E-state index contributed by atoms with van der Waals surface area (Å²) >= 11 is 0. The van der Waals surface area contributed by atoms with E-state index in [1.165, 1.54) is 22.1 Å². The summed E-state index contributed by atoms with van der Waals surface area (Å²) in [5, 5.41) is 17.9. The number of carbonyl (C=O) groups is 2. The molecular formula is C27H28N8O3. The van der Waals surface area contributed by atoms with E-state index >= 15 is 0 Å². The SMILES string of the molecule is CC1(C)Cc2cc3n(c2C1)CCN(c1nccc(-n2cc(C(N)=O)c(Nc4ccccn4)n2)c1CO)C3=O. The van der Waals surface area contributed by atoms with Crippen LogP contribution in [0.4, 0.5) is 17.5 Å². The molecule has 11 nitrogen and oxygen atoms in total. The van der Waals surface area contributed by atoms with Crippen molar-refractivity contribution in [3.8, 4) is 5.69 Å². The highest BCUT2D eigenvalue weighted by Gasteiger charge is 2.37. The van der Waals surface area contributed by atoms with Crippen LogP contribution in [-0.2, 0) is 26.0 Å². The van der Waals surface area contributed by atoms with Gasteiger partial charge in [0.15, 0.2) is 5.82 Å². The molecule has 0 spiro atoms. The van der Waals surface area contributed by atoms with E-state index in [1.54, 1.807) is 41.6 Å². The number of nitrogens with two attached hydrogens (primary N) is 1. The van der Waals surface area contributed by atoms with Gasteiger partial charge in [-0.15, -0.1) is 5.10 Å². The van der Waals surface area contributed by atoms with Crippen LogP contribution in [0.1, 0.15) is 51.5 Å². The predicted molar refractivity (Wildman–Crippen MR) is 141 cm³/mol. The number of hydrogen-bond acceptors (Lipinski definition) is 7. The molecule has 0 unspecified atom stereocenters. The first kappa shape index (κ1) is 23.9. The molecule has 1 aliphatic carbocycles. The number of amides is 2. The molecule has 2 aliphatic rings. The summed E-state index contributed by atoms with van der Waals surface area (Å²) in [4.78, 5) is 36.1. The van der Waals surface area contributed by atoms with Gasteiger partial charge in [-0.3, -0.25) is 14.5 Å². The molecule has 0 bridgehead atoms. The Morgan fingerprint density at radius 3 is 2.74 bits per heavy atom. The standard InChI is InChI=1S/C27H28N8O3/c1-27(2)12-16-11-20-26(38)34(10-9-33(20)21(16)13-27)25-18(15-36)19(6-8-30-25)35-14-17(23(28)37)24(32-35)31-22-5-3-4-7-29-22/h3-8,11,14,36H,9-10,12-13,15H2,1-2H3,(H2,28,37)(H,29,31,32). The molecule has 0 atom stereocenters. The number of nitrogens with one attached hydrogen (secondary N) is 1. The predicted octanol–water partition coefficient (Wildman–Crippen LogP) is 2.58. The number of aliphatic hydroxyl groups is 1. The highest BCUT2D eigenvalue weighted by Crippen LogP contribution is 2.39. The monoisotopic (exact) mass is 512 g/mol. The van der Waals surface area contributed by atoms with Gasteiger partial charge in [0.2, 0.25) is 0 Å². The normalized spacial score (nSPS) is 15.9. The highest BCUT2D eigenvalue weighted by molar-refractivity contribution is 6.06. The first-order chi connectivity index (χ1) is 18.3. The van der Waals surface area contributed by atoms with Gasteiger partial charge in [0.05, 0.1) is 12.3 Å². The van der Waals surface area contributed by atoms with Crippen LogP contribution in [0.5, 0.6) is 0 Å². The number of fused-ring (bicyclic) bond motifs is 3. The van der Waals surface area contributed by atoms with Gasteiger partial charge in [-0.05, 0) is 48.1 Å². The first-order valence-corrected chi connectivity index (χ1v) is 12.5. The van der Waals surface area contributed by atoms with Crippen LogP contribution in [0.25, 0.3) is 5.69 Å². The van der Waals surface area contributed by atoms with Gasteiger partial charge in [0.25, 0.3) is 11.8 Å². The van der Waals surface area contributed by atoms with Gasteiger partial charge < -0.3 is 20.7 Å². The van der Waals surface area contributed by atoms with E-state index < -0.39 is 5.91 Å². The summed E-state index contributed by atoms with van der Waals surface area (Å²) in [6.07, 6.45) is 6.55. The number of aliphatic hydroxyl groups excluding tert-OH is 1. The third-order valence-corrected chi connectivity index (χ3v) is 7.18. The highest BCUT2D eigenvalue weighted by atomic mass is 16.3. The van der Waals surface area contributed by atoms with Gasteiger partial charge in [-0.2, -0.15) is 0 Å². The molecular weight excluding hydrogens is 484 g/mol. The van der Waals surface area contributed by atoms with Crippen LogP contribution in [0, 0.1) is 5.41 Å². The van der Waals surface area contributed by atoms with Gasteiger partial charge >= 0.3 is 0 Å². The Bertz CT molecular complexity index is 1570. The maximum atomic E-state index is 13.6. The smallest absolute Gasteiger partial charge is 0.276 e. The number of anilines is 3. The Morgan fingerprint density at radius 1 is 1.16 bits per heavy atom. The lowest BCUT2D eigenvalue weighted by Crippen LogP contribution is -2.41. The Hall–Kier alpha value is -4.51. The van der Waals surface area contributed by atoms with Crippen LogP contribution < -0.4 is 16.0 Å². The van der Waals surface area contributed by atoms with Gasteiger partial charge in [0, 0.05) is 42.9 Å². The molecule has 1 aliphatic heterocycles. The molecule has 5 heterocycles. The molecule has 11 heteroatoms. The Morgan fingerprint density at radius 2 is 2.00 bits per heavy atom. The van der Waals surface area contributed by atoms with Crippen molar-refractivity contribution in [3.63, 3.8) is 0 Å². The molecule has 0 fully saturated rings. The molecule has 2 amide bonds. The van der Waals surface area contributed by atoms with Crippen molar-refractivity contribution >= 4 is 29.3 Å². The lowest BCUT2D eigenvalue weighted by Gasteiger charge is -2.30. The van der Waals surface area contributed by atoms with Crippen molar-refractivity contribution in [1.29, 1.82) is 0 Å². The number of aromatic nitrogens is 5. The third kappa shape index (κ3) is 3.91. The van der Waals surface area contributed by atoms with Crippen LogP contribution in [-0.4, -0.2) is 47.8 Å². The average molecular weight is 513 g/mol. The maximum Gasteiger partial charge on any atom is 0.276 e. The fraction of sp³-hybridized carbons (Fsp3) is 0.296. The van der Waals surface area contributed by atoms with Gasteiger partial charge in [-0.25, -0.2) is 14.6 Å². The van der Waals surface area contributed by atoms with Crippen molar-refractivity contribution in [3.05, 3.63) is 77.0 Å². The van der Waals surface area contributed by atoms with Crippen molar-refractivity contribution in [2.24, 2.45) is 11.1 Å². The molecule has 4 aromatic heterocycles. The zero-order valence-electron chi connectivity index (χ0n) is 21.2. The molecule has 0 saturated carbocycles. The van der Waals surface area contributed by atoms with Crippen LogP contribution in [0.15, 0.2) is 48.9 Å². The van der Waals surface area contributed by atoms with E-state index in [0.29, 0.717) is 41.7 Å². The number of primary amides is 1. The molecule has 6 rings (SSSR count). The summed E-state index contributed by atoms with van der Waals surface area (Å²) in [7, 11) is 0. The number of carbonyl (C=O) groups excluding carboxylic acids is 2. The molecule has 38 heavy (non-hydrogen) atoms. The second-order valence-corrected chi connectivity index (χ2v) is 10.5. The van der Waals surface area contributed by atoms with Crippen molar-refractivity contribution in [2.75, 3.05) is 16.8 Å².